The van der Waals surface area contributed by atoms with E-state index in [9.17, 15) is 0 Å². The van der Waals surface area contributed by atoms with E-state index in [2.05, 4.69) is 49.4 Å². The number of hydrogen-bond acceptors (Lipinski definition) is 3. The van der Waals surface area contributed by atoms with Gasteiger partial charge in [-0.2, -0.15) is 0 Å². The van der Waals surface area contributed by atoms with Gasteiger partial charge in [-0.3, -0.25) is 0 Å². The third-order valence-electron chi connectivity index (χ3n) is 3.90. The van der Waals surface area contributed by atoms with Crippen LogP contribution in [0.2, 0.25) is 0 Å². The summed E-state index contributed by atoms with van der Waals surface area (Å²) >= 11 is 1.92. The van der Waals surface area contributed by atoms with Gasteiger partial charge < -0.3 is 10.5 Å². The maximum absolute atomic E-state index is 6.13. The number of nitrogens with two attached hydrogens (primary N) is 1. The molecule has 0 fully saturated rings. The van der Waals surface area contributed by atoms with E-state index in [1.54, 1.807) is 0 Å². The Hall–Kier alpha value is -1.45. The Morgan fingerprint density at radius 3 is 2.90 bits per heavy atom. The molecule has 3 heteroatoms. The lowest BCUT2D eigenvalue weighted by Crippen LogP contribution is -2.13. The maximum atomic E-state index is 6.13. The van der Waals surface area contributed by atoms with Crippen LogP contribution in [0.25, 0.3) is 0 Å². The van der Waals surface area contributed by atoms with Crippen LogP contribution in [0.3, 0.4) is 0 Å². The highest BCUT2D eigenvalue weighted by Crippen LogP contribution is 2.39. The molecule has 0 saturated carbocycles. The van der Waals surface area contributed by atoms with Gasteiger partial charge in [-0.15, -0.1) is 11.8 Å². The van der Waals surface area contributed by atoms with Crippen LogP contribution in [0.4, 0.5) is 0 Å². The zero-order chi connectivity index (χ0) is 14.8. The summed E-state index contributed by atoms with van der Waals surface area (Å²) < 4.78 is 6.13. The first kappa shape index (κ1) is 14.5. The molecule has 1 heterocycles. The number of hydrogen-bond donors (Lipinski definition) is 1. The molecule has 2 N–H and O–H groups in total. The minimum Gasteiger partial charge on any atom is -0.493 e. The lowest BCUT2D eigenvalue weighted by molar-refractivity contribution is 0.293. The van der Waals surface area contributed by atoms with Crippen LogP contribution >= 0.6 is 11.8 Å². The van der Waals surface area contributed by atoms with Crippen molar-refractivity contribution in [3.8, 4) is 5.75 Å². The van der Waals surface area contributed by atoms with Crippen molar-refractivity contribution in [3.63, 3.8) is 0 Å². The highest BCUT2D eigenvalue weighted by Gasteiger charge is 2.23. The van der Waals surface area contributed by atoms with Gasteiger partial charge >= 0.3 is 0 Å². The van der Waals surface area contributed by atoms with Crippen molar-refractivity contribution < 1.29 is 4.74 Å². The van der Waals surface area contributed by atoms with E-state index in [-0.39, 0.29) is 6.04 Å². The minimum atomic E-state index is -0.00848. The van der Waals surface area contributed by atoms with Crippen molar-refractivity contribution >= 4 is 11.8 Å². The van der Waals surface area contributed by atoms with Crippen LogP contribution in [-0.2, 0) is 0 Å². The summed E-state index contributed by atoms with van der Waals surface area (Å²) in [6.45, 7) is 4.80. The van der Waals surface area contributed by atoms with E-state index in [1.807, 2.05) is 18.7 Å². The predicted octanol–water partition coefficient (Wildman–Crippen LogP) is 4.28. The summed E-state index contributed by atoms with van der Waals surface area (Å²) in [6.07, 6.45) is 0. The van der Waals surface area contributed by atoms with E-state index >= 15 is 0 Å². The average Bonchev–Trinajstić information content (AvgIpc) is 2.88. The molecular weight excluding hydrogens is 278 g/mol. The normalized spacial score (nSPS) is 18.3. The SMILES string of the molecule is Cc1ccc([C@@H](C)N)c(OCC2CSc3ccccc32)c1. The zero-order valence-electron chi connectivity index (χ0n) is 12.5. The first-order valence-corrected chi connectivity index (χ1v) is 8.34. The van der Waals surface area contributed by atoms with Crippen molar-refractivity contribution in [2.75, 3.05) is 12.4 Å². The standard InChI is InChI=1S/C18H21NOS/c1-12-7-8-15(13(2)19)17(9-12)20-10-14-11-21-18-6-4-3-5-16(14)18/h3-9,13-14H,10-11,19H2,1-2H3/t13-,14?/m1/s1. The molecule has 0 radical (unpaired) electrons. The molecule has 2 aromatic carbocycles. The third kappa shape index (κ3) is 3.09. The second-order valence-electron chi connectivity index (χ2n) is 5.69. The zero-order valence-corrected chi connectivity index (χ0v) is 13.3. The fourth-order valence-electron chi connectivity index (χ4n) is 2.70. The molecule has 1 aliphatic rings. The largest absolute Gasteiger partial charge is 0.493 e. The summed E-state index contributed by atoms with van der Waals surface area (Å²) in [4.78, 5) is 1.39. The Morgan fingerprint density at radius 1 is 1.29 bits per heavy atom. The predicted molar refractivity (Wildman–Crippen MR) is 89.2 cm³/mol. The van der Waals surface area contributed by atoms with E-state index in [0.29, 0.717) is 12.5 Å². The molecule has 0 aromatic heterocycles. The molecule has 0 bridgehead atoms. The van der Waals surface area contributed by atoms with Gasteiger partial charge in [-0.05, 0) is 37.1 Å². The first-order chi connectivity index (χ1) is 10.1. The van der Waals surface area contributed by atoms with Crippen molar-refractivity contribution in [3.05, 3.63) is 59.2 Å². The number of thioether (sulfide) groups is 1. The number of fused-ring (bicyclic) bond motifs is 1. The lowest BCUT2D eigenvalue weighted by Gasteiger charge is -2.17. The van der Waals surface area contributed by atoms with Crippen LogP contribution in [0.5, 0.6) is 5.75 Å². The second-order valence-corrected chi connectivity index (χ2v) is 6.75. The summed E-state index contributed by atoms with van der Waals surface area (Å²) in [6, 6.07) is 14.9. The Bertz CT molecular complexity index is 639. The van der Waals surface area contributed by atoms with Crippen LogP contribution in [0.1, 0.15) is 35.6 Å². The highest BCUT2D eigenvalue weighted by atomic mass is 32.2. The van der Waals surface area contributed by atoms with E-state index in [1.165, 1.54) is 16.0 Å². The molecule has 110 valence electrons. The molecule has 0 amide bonds. The molecule has 0 saturated heterocycles. The molecule has 0 spiro atoms. The highest BCUT2D eigenvalue weighted by molar-refractivity contribution is 7.99. The van der Waals surface area contributed by atoms with E-state index in [0.717, 1.165) is 17.1 Å². The molecular formula is C18H21NOS. The molecule has 21 heavy (non-hydrogen) atoms. The Balaban J connectivity index is 1.76. The summed E-state index contributed by atoms with van der Waals surface area (Å²) in [5.41, 5.74) is 9.74. The molecule has 1 aliphatic heterocycles. The second kappa shape index (κ2) is 6.12. The van der Waals surface area contributed by atoms with Crippen molar-refractivity contribution in [2.24, 2.45) is 5.73 Å². The van der Waals surface area contributed by atoms with Crippen molar-refractivity contribution in [1.82, 2.24) is 0 Å². The van der Waals surface area contributed by atoms with Crippen LogP contribution in [0.15, 0.2) is 47.4 Å². The molecule has 3 rings (SSSR count). The monoisotopic (exact) mass is 299 g/mol. The van der Waals surface area contributed by atoms with Gasteiger partial charge in [-0.1, -0.05) is 30.3 Å². The molecule has 2 aromatic rings. The van der Waals surface area contributed by atoms with Crippen LogP contribution < -0.4 is 10.5 Å². The minimum absolute atomic E-state index is 0.00848. The Morgan fingerprint density at radius 2 is 2.10 bits per heavy atom. The molecule has 0 aliphatic carbocycles. The van der Waals surface area contributed by atoms with Gasteiger partial charge in [-0.25, -0.2) is 0 Å². The topological polar surface area (TPSA) is 35.2 Å². The van der Waals surface area contributed by atoms with E-state index in [4.69, 9.17) is 10.5 Å². The van der Waals surface area contributed by atoms with Gasteiger partial charge in [0.05, 0.1) is 6.61 Å². The smallest absolute Gasteiger partial charge is 0.124 e. The summed E-state index contributed by atoms with van der Waals surface area (Å²) in [7, 11) is 0. The number of rotatable bonds is 4. The van der Waals surface area contributed by atoms with Gasteiger partial charge in [0.25, 0.3) is 0 Å². The number of ether oxygens (including phenoxy) is 1. The van der Waals surface area contributed by atoms with Gasteiger partial charge in [0.1, 0.15) is 5.75 Å². The summed E-state index contributed by atoms with van der Waals surface area (Å²) in [5.74, 6) is 2.49. The average molecular weight is 299 g/mol. The van der Waals surface area contributed by atoms with Crippen LogP contribution in [-0.4, -0.2) is 12.4 Å². The third-order valence-corrected chi connectivity index (χ3v) is 5.15. The van der Waals surface area contributed by atoms with Crippen LogP contribution in [0, 0.1) is 6.92 Å². The molecule has 1 unspecified atom stereocenters. The quantitative estimate of drug-likeness (QED) is 0.915. The molecule has 2 atom stereocenters. The molecule has 2 nitrogen and oxygen atoms in total. The fraction of sp³-hybridized carbons (Fsp3) is 0.333. The Labute approximate surface area is 130 Å². The van der Waals surface area contributed by atoms with Gasteiger partial charge in [0.2, 0.25) is 0 Å². The number of aryl methyl sites for hydroxylation is 1. The van der Waals surface area contributed by atoms with Gasteiger partial charge in [0, 0.05) is 28.2 Å². The lowest BCUT2D eigenvalue weighted by atomic mass is 10.0. The maximum Gasteiger partial charge on any atom is 0.124 e. The fourth-order valence-corrected chi connectivity index (χ4v) is 3.93. The van der Waals surface area contributed by atoms with E-state index < -0.39 is 0 Å². The van der Waals surface area contributed by atoms with Crippen molar-refractivity contribution in [2.45, 2.75) is 30.7 Å². The van der Waals surface area contributed by atoms with Gasteiger partial charge in [0.15, 0.2) is 0 Å². The number of benzene rings is 2. The summed E-state index contributed by atoms with van der Waals surface area (Å²) in [5, 5.41) is 0. The van der Waals surface area contributed by atoms with Crippen molar-refractivity contribution in [1.29, 1.82) is 0 Å². The Kier molecular flexibility index (Phi) is 4.22. The first-order valence-electron chi connectivity index (χ1n) is 7.36.